The first kappa shape index (κ1) is 21.0. The maximum Gasteiger partial charge on any atom is 0.255 e. The summed E-state index contributed by atoms with van der Waals surface area (Å²) in [6, 6.07) is 3.49. The number of likely N-dealkylation sites (tertiary alicyclic amines) is 1. The Balaban J connectivity index is 1.61. The van der Waals surface area contributed by atoms with Crippen LogP contribution in [-0.4, -0.2) is 63.9 Å². The van der Waals surface area contributed by atoms with Gasteiger partial charge in [0.25, 0.3) is 5.91 Å². The first-order chi connectivity index (χ1) is 14.9. The van der Waals surface area contributed by atoms with E-state index < -0.39 is 0 Å². The molecular formula is C22H29N7O2. The molecule has 2 amide bonds. The summed E-state index contributed by atoms with van der Waals surface area (Å²) < 4.78 is 0. The van der Waals surface area contributed by atoms with Crippen molar-refractivity contribution in [2.45, 2.75) is 38.6 Å². The maximum absolute atomic E-state index is 13.1. The molecule has 0 unspecified atom stereocenters. The van der Waals surface area contributed by atoms with Gasteiger partial charge < -0.3 is 20.9 Å². The van der Waals surface area contributed by atoms with Crippen LogP contribution in [0.25, 0.3) is 0 Å². The molecule has 164 valence electrons. The van der Waals surface area contributed by atoms with E-state index in [9.17, 15) is 9.59 Å². The highest BCUT2D eigenvalue weighted by Gasteiger charge is 2.41. The second-order valence-electron chi connectivity index (χ2n) is 8.57. The summed E-state index contributed by atoms with van der Waals surface area (Å²) >= 11 is 0. The van der Waals surface area contributed by atoms with Crippen molar-refractivity contribution >= 4 is 23.5 Å². The topological polar surface area (TPSA) is 117 Å². The minimum atomic E-state index is -0.387. The normalized spacial score (nSPS) is 21.0. The van der Waals surface area contributed by atoms with Gasteiger partial charge in [-0.1, -0.05) is 0 Å². The highest BCUT2D eigenvalue weighted by Crippen LogP contribution is 2.33. The second kappa shape index (κ2) is 8.87. The van der Waals surface area contributed by atoms with Crippen LogP contribution in [-0.2, 0) is 4.79 Å². The van der Waals surface area contributed by atoms with Crippen molar-refractivity contribution in [2.75, 3.05) is 36.8 Å². The Bertz CT molecular complexity index is 958. The molecule has 2 aliphatic heterocycles. The summed E-state index contributed by atoms with van der Waals surface area (Å²) in [7, 11) is 0. The van der Waals surface area contributed by atoms with Crippen molar-refractivity contribution in [3.8, 4) is 0 Å². The van der Waals surface area contributed by atoms with Crippen molar-refractivity contribution in [1.82, 2.24) is 25.2 Å². The molecule has 4 heterocycles. The number of carbonyl (C=O) groups is 2. The summed E-state index contributed by atoms with van der Waals surface area (Å²) in [5.74, 6) is -0.147. The zero-order valence-electron chi connectivity index (χ0n) is 18.0. The number of nitrogens with one attached hydrogen (secondary N) is 1. The molecule has 0 aromatic carbocycles. The van der Waals surface area contributed by atoms with E-state index in [1.807, 2.05) is 19.9 Å². The summed E-state index contributed by atoms with van der Waals surface area (Å²) in [5.41, 5.74) is 7.45. The van der Waals surface area contributed by atoms with Crippen molar-refractivity contribution in [3.63, 3.8) is 0 Å². The Labute approximate surface area is 182 Å². The zero-order chi connectivity index (χ0) is 22.0. The first-order valence-corrected chi connectivity index (χ1v) is 10.8. The molecule has 0 spiro atoms. The third-order valence-electron chi connectivity index (χ3n) is 5.81. The lowest BCUT2D eigenvalue weighted by atomic mass is 9.91. The fourth-order valence-corrected chi connectivity index (χ4v) is 4.32. The number of amides is 2. The molecule has 4 rings (SSSR count). The number of hydrogen-bond donors (Lipinski definition) is 2. The number of carbonyl (C=O) groups excluding carboxylic acids is 2. The van der Waals surface area contributed by atoms with Gasteiger partial charge in [-0.15, -0.1) is 0 Å². The molecule has 3 N–H and O–H groups in total. The number of pyridine rings is 1. The van der Waals surface area contributed by atoms with E-state index in [1.165, 1.54) is 12.4 Å². The van der Waals surface area contributed by atoms with Gasteiger partial charge in [-0.25, -0.2) is 9.97 Å². The van der Waals surface area contributed by atoms with Crippen LogP contribution in [0.2, 0.25) is 0 Å². The van der Waals surface area contributed by atoms with Crippen LogP contribution in [0.3, 0.4) is 0 Å². The molecule has 31 heavy (non-hydrogen) atoms. The lowest BCUT2D eigenvalue weighted by molar-refractivity contribution is -0.125. The third kappa shape index (κ3) is 4.60. The van der Waals surface area contributed by atoms with E-state index in [-0.39, 0.29) is 29.7 Å². The maximum atomic E-state index is 13.1. The van der Waals surface area contributed by atoms with Gasteiger partial charge in [0, 0.05) is 56.7 Å². The lowest BCUT2D eigenvalue weighted by Crippen LogP contribution is -2.39. The van der Waals surface area contributed by atoms with E-state index in [0.717, 1.165) is 31.6 Å². The Hall–Kier alpha value is -3.23. The number of aromatic nitrogens is 3. The van der Waals surface area contributed by atoms with Crippen molar-refractivity contribution < 1.29 is 9.59 Å². The third-order valence-corrected chi connectivity index (χ3v) is 5.81. The molecule has 2 aliphatic rings. The van der Waals surface area contributed by atoms with Gasteiger partial charge in [-0.05, 0) is 38.8 Å². The predicted molar refractivity (Wildman–Crippen MR) is 118 cm³/mol. The monoisotopic (exact) mass is 423 g/mol. The van der Waals surface area contributed by atoms with Crippen LogP contribution in [0.1, 0.15) is 48.7 Å². The smallest absolute Gasteiger partial charge is 0.255 e. The Morgan fingerprint density at radius 3 is 2.68 bits per heavy atom. The average Bonchev–Trinajstić information content (AvgIpc) is 3.43. The van der Waals surface area contributed by atoms with Gasteiger partial charge in [0.1, 0.15) is 0 Å². The molecular weight excluding hydrogens is 394 g/mol. The van der Waals surface area contributed by atoms with Gasteiger partial charge >= 0.3 is 0 Å². The summed E-state index contributed by atoms with van der Waals surface area (Å²) in [4.78, 5) is 43.2. The highest BCUT2D eigenvalue weighted by molar-refractivity contribution is 5.95. The first-order valence-electron chi connectivity index (χ1n) is 10.8. The minimum Gasteiger partial charge on any atom is -0.397 e. The van der Waals surface area contributed by atoms with E-state index >= 15 is 0 Å². The minimum absolute atomic E-state index is 0.0154. The van der Waals surface area contributed by atoms with E-state index in [1.54, 1.807) is 17.2 Å². The molecule has 9 nitrogen and oxygen atoms in total. The van der Waals surface area contributed by atoms with Crippen LogP contribution >= 0.6 is 0 Å². The molecule has 0 saturated carbocycles. The molecule has 9 heteroatoms. The number of nitrogens with zero attached hydrogens (tertiary/aromatic N) is 5. The van der Waals surface area contributed by atoms with Crippen molar-refractivity contribution in [3.05, 3.63) is 42.0 Å². The van der Waals surface area contributed by atoms with Crippen LogP contribution in [0, 0.1) is 5.92 Å². The average molecular weight is 424 g/mol. The second-order valence-corrected chi connectivity index (χ2v) is 8.57. The molecule has 0 radical (unpaired) electrons. The molecule has 0 bridgehead atoms. The van der Waals surface area contributed by atoms with E-state index in [0.29, 0.717) is 30.3 Å². The fourth-order valence-electron chi connectivity index (χ4n) is 4.32. The van der Waals surface area contributed by atoms with Crippen LogP contribution in [0.4, 0.5) is 11.6 Å². The number of hydrogen-bond acceptors (Lipinski definition) is 7. The molecule has 2 fully saturated rings. The van der Waals surface area contributed by atoms with Gasteiger partial charge in [0.2, 0.25) is 11.9 Å². The molecule has 2 aromatic heterocycles. The molecule has 2 saturated heterocycles. The van der Waals surface area contributed by atoms with Crippen molar-refractivity contribution in [1.29, 1.82) is 0 Å². The quantitative estimate of drug-likeness (QED) is 0.747. The summed E-state index contributed by atoms with van der Waals surface area (Å²) in [6.45, 7) is 6.47. The Morgan fingerprint density at radius 1 is 1.19 bits per heavy atom. The van der Waals surface area contributed by atoms with Gasteiger partial charge in [0.15, 0.2) is 0 Å². The SMILES string of the molecule is CC(C)NC(=O)[C@H]1CN(C(=O)c2cncc(N)c2)C[C@@H]1c1ccnc(N2CCCC2)n1. The molecule has 2 atom stereocenters. The largest absolute Gasteiger partial charge is 0.397 e. The Morgan fingerprint density at radius 2 is 1.97 bits per heavy atom. The lowest BCUT2D eigenvalue weighted by Gasteiger charge is -2.21. The van der Waals surface area contributed by atoms with E-state index in [4.69, 9.17) is 10.7 Å². The predicted octanol–water partition coefficient (Wildman–Crippen LogP) is 1.43. The number of rotatable bonds is 5. The Kier molecular flexibility index (Phi) is 6.01. The zero-order valence-corrected chi connectivity index (χ0v) is 18.0. The summed E-state index contributed by atoms with van der Waals surface area (Å²) in [6.07, 6.45) is 7.02. The molecule has 2 aromatic rings. The highest BCUT2D eigenvalue weighted by atomic mass is 16.2. The van der Waals surface area contributed by atoms with Gasteiger partial charge in [-0.3, -0.25) is 14.6 Å². The molecule has 0 aliphatic carbocycles. The van der Waals surface area contributed by atoms with Gasteiger partial charge in [-0.2, -0.15) is 0 Å². The number of nitrogens with two attached hydrogens (primary N) is 1. The standard InChI is InChI=1S/C22H29N7O2/c1-14(2)26-20(30)18-13-29(21(31)15-9-16(23)11-24-10-15)12-17(18)19-5-6-25-22(27-19)28-7-3-4-8-28/h5-6,9-11,14,17-18H,3-4,7-8,12-13,23H2,1-2H3,(H,26,30)/t17-,18-/m0/s1. The van der Waals surface area contributed by atoms with Crippen LogP contribution in [0.5, 0.6) is 0 Å². The van der Waals surface area contributed by atoms with Gasteiger partial charge in [0.05, 0.1) is 22.9 Å². The number of anilines is 2. The van der Waals surface area contributed by atoms with Crippen molar-refractivity contribution in [2.24, 2.45) is 5.92 Å². The summed E-state index contributed by atoms with van der Waals surface area (Å²) in [5, 5.41) is 3.00. The van der Waals surface area contributed by atoms with Crippen LogP contribution in [0.15, 0.2) is 30.7 Å². The van der Waals surface area contributed by atoms with E-state index in [2.05, 4.69) is 20.2 Å². The fraction of sp³-hybridized carbons (Fsp3) is 0.500. The number of nitrogen functional groups attached to an aromatic ring is 1. The van der Waals surface area contributed by atoms with Crippen LogP contribution < -0.4 is 16.0 Å².